The van der Waals surface area contributed by atoms with Crippen molar-refractivity contribution in [1.29, 1.82) is 0 Å². The summed E-state index contributed by atoms with van der Waals surface area (Å²) in [4.78, 5) is 24.0. The van der Waals surface area contributed by atoms with Crippen LogP contribution in [0.25, 0.3) is 0 Å². The van der Waals surface area contributed by atoms with Gasteiger partial charge in [-0.15, -0.1) is 0 Å². The van der Waals surface area contributed by atoms with E-state index in [0.29, 0.717) is 19.4 Å². The van der Waals surface area contributed by atoms with Crippen LogP contribution in [0, 0.1) is 17.3 Å². The lowest BCUT2D eigenvalue weighted by molar-refractivity contribution is -0.176. The Kier molecular flexibility index (Phi) is 3.29. The van der Waals surface area contributed by atoms with Crippen LogP contribution in [0.3, 0.4) is 0 Å². The summed E-state index contributed by atoms with van der Waals surface area (Å²) >= 11 is 0. The molecule has 0 radical (unpaired) electrons. The normalized spacial score (nSPS) is 44.0. The van der Waals surface area contributed by atoms with Crippen molar-refractivity contribution in [2.75, 3.05) is 6.61 Å². The quantitative estimate of drug-likeness (QED) is 0.704. The number of ether oxygens (including phenoxy) is 1. The Balaban J connectivity index is 1.75. The van der Waals surface area contributed by atoms with Gasteiger partial charge in [0, 0.05) is 24.0 Å². The van der Waals surface area contributed by atoms with E-state index >= 15 is 0 Å². The molecule has 6 heteroatoms. The van der Waals surface area contributed by atoms with Gasteiger partial charge < -0.3 is 20.9 Å². The standard InChI is InChI=1S/C15H24N2O4/c1-14(2)11-9(6-7-21-11)15(14,16)13(20)17-10-5-3-4-8(10)12(18)19/h8-11H,3-7,16H2,1-2H3,(H,17,20)(H,18,19). The number of carboxylic acids is 1. The van der Waals surface area contributed by atoms with Gasteiger partial charge in [-0.2, -0.15) is 0 Å². The molecular formula is C15H24N2O4. The van der Waals surface area contributed by atoms with E-state index in [1.165, 1.54) is 0 Å². The highest BCUT2D eigenvalue weighted by atomic mass is 16.5. The van der Waals surface area contributed by atoms with E-state index in [9.17, 15) is 14.7 Å². The number of fused-ring (bicyclic) bond motifs is 1. The number of carbonyl (C=O) groups excluding carboxylic acids is 1. The molecular weight excluding hydrogens is 272 g/mol. The molecule has 118 valence electrons. The zero-order chi connectivity index (χ0) is 15.4. The molecule has 6 nitrogen and oxygen atoms in total. The number of aliphatic carboxylic acids is 1. The van der Waals surface area contributed by atoms with Crippen molar-refractivity contribution in [3.63, 3.8) is 0 Å². The van der Waals surface area contributed by atoms with Crippen molar-refractivity contribution in [2.24, 2.45) is 23.0 Å². The molecule has 2 aliphatic carbocycles. The lowest BCUT2D eigenvalue weighted by Gasteiger charge is -2.60. The third kappa shape index (κ3) is 1.85. The van der Waals surface area contributed by atoms with Crippen molar-refractivity contribution in [2.45, 2.75) is 57.2 Å². The predicted molar refractivity (Wildman–Crippen MR) is 75.5 cm³/mol. The molecule has 5 unspecified atom stereocenters. The summed E-state index contributed by atoms with van der Waals surface area (Å²) in [7, 11) is 0. The number of nitrogens with one attached hydrogen (secondary N) is 1. The molecule has 5 atom stereocenters. The van der Waals surface area contributed by atoms with Crippen LogP contribution in [-0.2, 0) is 14.3 Å². The Hall–Kier alpha value is -1.14. The fourth-order valence-electron chi connectivity index (χ4n) is 4.56. The van der Waals surface area contributed by atoms with Gasteiger partial charge >= 0.3 is 5.97 Å². The molecule has 0 aromatic carbocycles. The molecule has 0 spiro atoms. The third-order valence-corrected chi connectivity index (χ3v) is 5.98. The van der Waals surface area contributed by atoms with Gasteiger partial charge in [-0.1, -0.05) is 20.3 Å². The van der Waals surface area contributed by atoms with Gasteiger partial charge in [0.05, 0.1) is 12.0 Å². The number of hydrogen-bond donors (Lipinski definition) is 3. The second kappa shape index (κ2) is 4.68. The first-order valence-corrected chi connectivity index (χ1v) is 7.74. The smallest absolute Gasteiger partial charge is 0.308 e. The molecule has 3 fully saturated rings. The number of rotatable bonds is 3. The van der Waals surface area contributed by atoms with E-state index < -0.39 is 22.8 Å². The zero-order valence-electron chi connectivity index (χ0n) is 12.6. The minimum atomic E-state index is -0.959. The van der Waals surface area contributed by atoms with Gasteiger partial charge in [0.1, 0.15) is 5.54 Å². The lowest BCUT2D eigenvalue weighted by Crippen LogP contribution is -2.80. The Morgan fingerprint density at radius 2 is 2.00 bits per heavy atom. The highest BCUT2D eigenvalue weighted by molar-refractivity contribution is 5.90. The summed E-state index contributed by atoms with van der Waals surface area (Å²) in [5.41, 5.74) is 5.09. The van der Waals surface area contributed by atoms with Gasteiger partial charge in [-0.25, -0.2) is 0 Å². The van der Waals surface area contributed by atoms with Gasteiger partial charge in [-0.05, 0) is 19.3 Å². The molecule has 1 heterocycles. The summed E-state index contributed by atoms with van der Waals surface area (Å²) in [5.74, 6) is -1.50. The number of amides is 1. The molecule has 2 saturated carbocycles. The Bertz CT molecular complexity index is 478. The Morgan fingerprint density at radius 1 is 1.29 bits per heavy atom. The summed E-state index contributed by atoms with van der Waals surface area (Å²) in [6.45, 7) is 4.57. The van der Waals surface area contributed by atoms with E-state index in [1.807, 2.05) is 13.8 Å². The maximum atomic E-state index is 12.7. The molecule has 0 bridgehead atoms. The highest BCUT2D eigenvalue weighted by Crippen LogP contribution is 2.58. The van der Waals surface area contributed by atoms with E-state index in [2.05, 4.69) is 5.32 Å². The van der Waals surface area contributed by atoms with E-state index in [4.69, 9.17) is 10.5 Å². The van der Waals surface area contributed by atoms with Crippen LogP contribution in [0.4, 0.5) is 0 Å². The summed E-state index contributed by atoms with van der Waals surface area (Å²) < 4.78 is 5.69. The average Bonchev–Trinajstić information content (AvgIpc) is 3.05. The number of carboxylic acid groups (broad SMARTS) is 1. The topological polar surface area (TPSA) is 102 Å². The van der Waals surface area contributed by atoms with Gasteiger partial charge in [0.25, 0.3) is 0 Å². The molecule has 3 aliphatic rings. The predicted octanol–water partition coefficient (Wildman–Crippen LogP) is 0.498. The molecule has 1 saturated heterocycles. The van der Waals surface area contributed by atoms with Crippen LogP contribution in [0.5, 0.6) is 0 Å². The SMILES string of the molecule is CC1(C)C2OCCC2C1(N)C(=O)NC1CCCC1C(=O)O. The first kappa shape index (κ1) is 14.8. The van der Waals surface area contributed by atoms with Crippen LogP contribution < -0.4 is 11.1 Å². The van der Waals surface area contributed by atoms with Gasteiger partial charge in [0.2, 0.25) is 5.91 Å². The average molecular weight is 296 g/mol. The number of nitrogens with two attached hydrogens (primary N) is 1. The van der Waals surface area contributed by atoms with E-state index in [1.54, 1.807) is 0 Å². The van der Waals surface area contributed by atoms with Crippen LogP contribution in [0.2, 0.25) is 0 Å². The fourth-order valence-corrected chi connectivity index (χ4v) is 4.56. The van der Waals surface area contributed by atoms with Gasteiger partial charge in [-0.3, -0.25) is 9.59 Å². The van der Waals surface area contributed by atoms with Crippen molar-refractivity contribution in [3.05, 3.63) is 0 Å². The van der Waals surface area contributed by atoms with Crippen LogP contribution in [0.1, 0.15) is 39.5 Å². The summed E-state index contributed by atoms with van der Waals surface area (Å²) in [6.07, 6.45) is 3.00. The lowest BCUT2D eigenvalue weighted by atomic mass is 9.48. The summed E-state index contributed by atoms with van der Waals surface area (Å²) in [5, 5.41) is 12.1. The minimum absolute atomic E-state index is 0.0344. The molecule has 21 heavy (non-hydrogen) atoms. The monoisotopic (exact) mass is 296 g/mol. The Morgan fingerprint density at radius 3 is 2.67 bits per heavy atom. The second-order valence-electron chi connectivity index (χ2n) is 7.23. The molecule has 0 aromatic heterocycles. The third-order valence-electron chi connectivity index (χ3n) is 5.98. The molecule has 0 aromatic rings. The van der Waals surface area contributed by atoms with Gasteiger partial charge in [0.15, 0.2) is 0 Å². The summed E-state index contributed by atoms with van der Waals surface area (Å²) in [6, 6.07) is -0.299. The molecule has 4 N–H and O–H groups in total. The first-order valence-electron chi connectivity index (χ1n) is 7.74. The number of hydrogen-bond acceptors (Lipinski definition) is 4. The van der Waals surface area contributed by atoms with E-state index in [0.717, 1.165) is 12.8 Å². The van der Waals surface area contributed by atoms with Crippen LogP contribution >= 0.6 is 0 Å². The second-order valence-corrected chi connectivity index (χ2v) is 7.23. The van der Waals surface area contributed by atoms with Crippen molar-refractivity contribution in [3.8, 4) is 0 Å². The zero-order valence-corrected chi connectivity index (χ0v) is 12.6. The maximum absolute atomic E-state index is 12.7. The van der Waals surface area contributed by atoms with Crippen molar-refractivity contribution >= 4 is 11.9 Å². The minimum Gasteiger partial charge on any atom is -0.481 e. The van der Waals surface area contributed by atoms with Crippen LogP contribution in [0.15, 0.2) is 0 Å². The van der Waals surface area contributed by atoms with Crippen molar-refractivity contribution < 1.29 is 19.4 Å². The number of carbonyl (C=O) groups is 2. The van der Waals surface area contributed by atoms with Crippen molar-refractivity contribution in [1.82, 2.24) is 5.32 Å². The highest BCUT2D eigenvalue weighted by Gasteiger charge is 2.71. The largest absolute Gasteiger partial charge is 0.481 e. The maximum Gasteiger partial charge on any atom is 0.308 e. The molecule has 1 amide bonds. The van der Waals surface area contributed by atoms with Crippen LogP contribution in [-0.4, -0.2) is 41.3 Å². The van der Waals surface area contributed by atoms with E-state index in [-0.39, 0.29) is 24.0 Å². The molecule has 1 aliphatic heterocycles. The fraction of sp³-hybridized carbons (Fsp3) is 0.867. The first-order chi connectivity index (χ1) is 9.80. The molecule has 3 rings (SSSR count). The Labute approximate surface area is 124 Å².